The average Bonchev–Trinajstić information content (AvgIpc) is 3.13. The van der Waals surface area contributed by atoms with Gasteiger partial charge in [-0.1, -0.05) is 68.9 Å². The topological polar surface area (TPSA) is 0 Å². The molecule has 0 bridgehead atoms. The van der Waals surface area contributed by atoms with Crippen LogP contribution >= 0.6 is 8.20 Å². The molecular formula is C14H11P. The Balaban J connectivity index is 2.06. The van der Waals surface area contributed by atoms with E-state index in [1.165, 1.54) is 19.3 Å². The standard InChI is InChI=1S/C14H11P/c1-3-7-12(8-4-1)14(11-15-14)13-9-5-2-6-10-13/h1-11H. The molecular weight excluding hydrogens is 199 g/mol. The summed E-state index contributed by atoms with van der Waals surface area (Å²) in [5.41, 5.74) is 2.80. The second kappa shape index (κ2) is 3.32. The molecule has 0 radical (unpaired) electrons. The molecule has 15 heavy (non-hydrogen) atoms. The fourth-order valence-electron chi connectivity index (χ4n) is 1.91. The maximum atomic E-state index is 2.36. The van der Waals surface area contributed by atoms with Crippen LogP contribution in [0.15, 0.2) is 60.7 Å². The summed E-state index contributed by atoms with van der Waals surface area (Å²) in [4.78, 5) is 0. The van der Waals surface area contributed by atoms with Gasteiger partial charge in [-0.2, -0.15) is 0 Å². The zero-order valence-corrected chi connectivity index (χ0v) is 9.19. The van der Waals surface area contributed by atoms with E-state index in [1.807, 2.05) is 0 Å². The van der Waals surface area contributed by atoms with Crippen molar-refractivity contribution in [1.29, 1.82) is 0 Å². The van der Waals surface area contributed by atoms with Crippen LogP contribution in [0, 0.1) is 0 Å². The van der Waals surface area contributed by atoms with Gasteiger partial charge in [0, 0.05) is 0 Å². The van der Waals surface area contributed by atoms with Crippen LogP contribution in [0.1, 0.15) is 11.1 Å². The van der Waals surface area contributed by atoms with Crippen molar-refractivity contribution in [2.45, 2.75) is 5.16 Å². The molecule has 0 spiro atoms. The Hall–Kier alpha value is -1.39. The molecule has 0 atom stereocenters. The molecule has 0 N–H and O–H groups in total. The Morgan fingerprint density at radius 2 is 1.07 bits per heavy atom. The summed E-state index contributed by atoms with van der Waals surface area (Å²) in [5, 5.41) is 0.183. The summed E-state index contributed by atoms with van der Waals surface area (Å²) in [7, 11) is 1.41. The smallest absolute Gasteiger partial charge is 0.0839 e. The largest absolute Gasteiger partial charge is 0.0857 e. The molecule has 0 nitrogen and oxygen atoms in total. The van der Waals surface area contributed by atoms with Crippen molar-refractivity contribution in [3.8, 4) is 0 Å². The maximum Gasteiger partial charge on any atom is 0.0839 e. The van der Waals surface area contributed by atoms with Gasteiger partial charge in [0.15, 0.2) is 0 Å². The van der Waals surface area contributed by atoms with Crippen LogP contribution in [0.4, 0.5) is 0 Å². The van der Waals surface area contributed by atoms with Gasteiger partial charge in [0.05, 0.1) is 5.16 Å². The molecule has 2 aromatic carbocycles. The zero-order valence-electron chi connectivity index (χ0n) is 8.30. The molecule has 3 rings (SSSR count). The fraction of sp³-hybridized carbons (Fsp3) is 0.0714. The SMILES string of the molecule is C1=PC1(c1ccccc1)c1ccccc1. The van der Waals surface area contributed by atoms with Gasteiger partial charge in [-0.25, -0.2) is 0 Å². The van der Waals surface area contributed by atoms with Crippen LogP contribution in [-0.4, -0.2) is 5.80 Å². The van der Waals surface area contributed by atoms with Crippen molar-refractivity contribution < 1.29 is 0 Å². The molecule has 0 saturated carbocycles. The van der Waals surface area contributed by atoms with E-state index >= 15 is 0 Å². The van der Waals surface area contributed by atoms with E-state index in [9.17, 15) is 0 Å². The highest BCUT2D eigenvalue weighted by Gasteiger charge is 2.38. The molecule has 0 amide bonds. The van der Waals surface area contributed by atoms with Crippen molar-refractivity contribution in [1.82, 2.24) is 0 Å². The van der Waals surface area contributed by atoms with Gasteiger partial charge in [-0.3, -0.25) is 0 Å². The molecule has 1 heteroatoms. The second-order valence-corrected chi connectivity index (χ2v) is 4.98. The molecule has 1 aliphatic rings. The lowest BCUT2D eigenvalue weighted by molar-refractivity contribution is 1.06. The van der Waals surface area contributed by atoms with Gasteiger partial charge in [-0.05, 0) is 16.9 Å². The minimum Gasteiger partial charge on any atom is -0.0857 e. The summed E-state index contributed by atoms with van der Waals surface area (Å²) in [5.74, 6) is 2.36. The molecule has 0 aromatic heterocycles. The Morgan fingerprint density at radius 1 is 0.667 bits per heavy atom. The van der Waals surface area contributed by atoms with Crippen molar-refractivity contribution in [3.63, 3.8) is 0 Å². The van der Waals surface area contributed by atoms with Crippen molar-refractivity contribution in [2.24, 2.45) is 0 Å². The lowest BCUT2D eigenvalue weighted by Crippen LogP contribution is -2.10. The third-order valence-corrected chi connectivity index (χ3v) is 4.11. The van der Waals surface area contributed by atoms with E-state index < -0.39 is 0 Å². The lowest BCUT2D eigenvalue weighted by Gasteiger charge is -2.15. The minimum atomic E-state index is 0.183. The van der Waals surface area contributed by atoms with Crippen LogP contribution < -0.4 is 0 Å². The Labute approximate surface area is 91.4 Å². The van der Waals surface area contributed by atoms with Crippen molar-refractivity contribution in [2.75, 3.05) is 0 Å². The zero-order chi connectivity index (χ0) is 10.1. The van der Waals surface area contributed by atoms with Crippen LogP contribution in [-0.2, 0) is 5.16 Å². The van der Waals surface area contributed by atoms with E-state index in [1.54, 1.807) is 0 Å². The highest BCUT2D eigenvalue weighted by atomic mass is 31.1. The number of rotatable bonds is 2. The first-order valence-corrected chi connectivity index (χ1v) is 6.06. The molecule has 0 unspecified atom stereocenters. The van der Waals surface area contributed by atoms with Gasteiger partial charge >= 0.3 is 0 Å². The normalized spacial score (nSPS) is 17.3. The predicted octanol–water partition coefficient (Wildman–Crippen LogP) is 3.69. The third kappa shape index (κ3) is 1.42. The van der Waals surface area contributed by atoms with E-state index in [-0.39, 0.29) is 5.16 Å². The summed E-state index contributed by atoms with van der Waals surface area (Å²) in [6.07, 6.45) is 0. The first kappa shape index (κ1) is 8.88. The van der Waals surface area contributed by atoms with E-state index in [4.69, 9.17) is 0 Å². The van der Waals surface area contributed by atoms with Crippen LogP contribution in [0.5, 0.6) is 0 Å². The van der Waals surface area contributed by atoms with E-state index in [0.717, 1.165) is 0 Å². The molecule has 0 saturated heterocycles. The molecule has 1 aliphatic heterocycles. The second-order valence-electron chi connectivity index (χ2n) is 3.76. The first-order valence-electron chi connectivity index (χ1n) is 5.09. The number of hydrogen-bond acceptors (Lipinski definition) is 0. The molecule has 2 aromatic rings. The summed E-state index contributed by atoms with van der Waals surface area (Å²) < 4.78 is 0. The highest BCUT2D eigenvalue weighted by Crippen LogP contribution is 2.51. The fourth-order valence-corrected chi connectivity index (χ4v) is 2.94. The number of hydrogen-bond donors (Lipinski definition) is 0. The molecule has 0 aliphatic carbocycles. The lowest BCUT2D eigenvalue weighted by atomic mass is 9.93. The molecule has 1 heterocycles. The third-order valence-electron chi connectivity index (χ3n) is 2.82. The summed E-state index contributed by atoms with van der Waals surface area (Å²) >= 11 is 0. The Morgan fingerprint density at radius 3 is 1.40 bits per heavy atom. The van der Waals surface area contributed by atoms with E-state index in [2.05, 4.69) is 66.5 Å². The van der Waals surface area contributed by atoms with Gasteiger partial charge < -0.3 is 0 Å². The monoisotopic (exact) mass is 210 g/mol. The highest BCUT2D eigenvalue weighted by molar-refractivity contribution is 7.53. The maximum absolute atomic E-state index is 2.36. The Bertz CT molecular complexity index is 438. The average molecular weight is 210 g/mol. The number of benzene rings is 2. The van der Waals surface area contributed by atoms with Crippen LogP contribution in [0.3, 0.4) is 0 Å². The van der Waals surface area contributed by atoms with Gasteiger partial charge in [0.1, 0.15) is 0 Å². The van der Waals surface area contributed by atoms with Gasteiger partial charge in [0.25, 0.3) is 0 Å². The predicted molar refractivity (Wildman–Crippen MR) is 66.6 cm³/mol. The van der Waals surface area contributed by atoms with Crippen LogP contribution in [0.2, 0.25) is 0 Å². The first-order chi connectivity index (χ1) is 7.42. The minimum absolute atomic E-state index is 0.183. The van der Waals surface area contributed by atoms with Crippen molar-refractivity contribution >= 4 is 14.0 Å². The van der Waals surface area contributed by atoms with Crippen LogP contribution in [0.25, 0.3) is 0 Å². The Kier molecular flexibility index (Phi) is 1.97. The quantitative estimate of drug-likeness (QED) is 0.663. The summed E-state index contributed by atoms with van der Waals surface area (Å²) in [6, 6.07) is 21.4. The van der Waals surface area contributed by atoms with E-state index in [0.29, 0.717) is 0 Å². The van der Waals surface area contributed by atoms with Crippen molar-refractivity contribution in [3.05, 3.63) is 71.8 Å². The summed E-state index contributed by atoms with van der Waals surface area (Å²) in [6.45, 7) is 0. The molecule has 72 valence electrons. The van der Waals surface area contributed by atoms with Gasteiger partial charge in [-0.15, -0.1) is 0 Å². The molecule has 0 fully saturated rings. The van der Waals surface area contributed by atoms with Gasteiger partial charge in [0.2, 0.25) is 0 Å².